The van der Waals surface area contributed by atoms with Crippen LogP contribution in [-0.4, -0.2) is 28.7 Å². The number of amides is 2. The summed E-state index contributed by atoms with van der Waals surface area (Å²) in [4.78, 5) is 25.5. The van der Waals surface area contributed by atoms with E-state index in [9.17, 15) is 9.59 Å². The van der Waals surface area contributed by atoms with Gasteiger partial charge in [0.05, 0.1) is 24.9 Å². The third-order valence-corrected chi connectivity index (χ3v) is 5.88. The first-order chi connectivity index (χ1) is 16.8. The Bertz CT molecular complexity index is 1350. The van der Waals surface area contributed by atoms with Crippen LogP contribution >= 0.6 is 11.6 Å². The monoisotopic (exact) mass is 488 g/mol. The molecule has 2 amide bonds. The van der Waals surface area contributed by atoms with E-state index < -0.39 is 0 Å². The van der Waals surface area contributed by atoms with Crippen molar-refractivity contribution < 1.29 is 14.3 Å². The summed E-state index contributed by atoms with van der Waals surface area (Å²) in [5.41, 5.74) is 4.71. The zero-order chi connectivity index (χ0) is 24.9. The van der Waals surface area contributed by atoms with Crippen molar-refractivity contribution in [2.24, 2.45) is 0 Å². The Morgan fingerprint density at radius 2 is 1.43 bits per heavy atom. The van der Waals surface area contributed by atoms with E-state index in [1.807, 2.05) is 31.2 Å². The molecule has 0 aliphatic carbocycles. The molecule has 2 N–H and O–H groups in total. The molecular formula is C27H25ClN4O3. The Morgan fingerprint density at radius 1 is 0.857 bits per heavy atom. The summed E-state index contributed by atoms with van der Waals surface area (Å²) < 4.78 is 6.74. The van der Waals surface area contributed by atoms with Gasteiger partial charge in [0.1, 0.15) is 10.9 Å². The lowest BCUT2D eigenvalue weighted by atomic mass is 10.1. The Kier molecular flexibility index (Phi) is 7.17. The number of halogens is 1. The van der Waals surface area contributed by atoms with Gasteiger partial charge in [0.2, 0.25) is 0 Å². The van der Waals surface area contributed by atoms with Crippen molar-refractivity contribution in [2.75, 3.05) is 17.7 Å². The molecule has 0 aliphatic heterocycles. The molecular weight excluding hydrogens is 464 g/mol. The molecule has 8 heteroatoms. The van der Waals surface area contributed by atoms with Gasteiger partial charge in [-0.25, -0.2) is 4.68 Å². The van der Waals surface area contributed by atoms with Crippen LogP contribution in [0.25, 0.3) is 0 Å². The molecule has 0 unspecified atom stereocenters. The molecule has 0 saturated carbocycles. The Hall–Kier alpha value is -4.10. The maximum atomic E-state index is 12.9. The number of rotatable bonds is 7. The van der Waals surface area contributed by atoms with Crippen molar-refractivity contribution >= 4 is 34.8 Å². The van der Waals surface area contributed by atoms with Crippen molar-refractivity contribution in [2.45, 2.75) is 20.4 Å². The number of hydrogen-bond acceptors (Lipinski definition) is 4. The molecule has 35 heavy (non-hydrogen) atoms. The number of methoxy groups -OCH3 is 1. The van der Waals surface area contributed by atoms with Crippen LogP contribution in [0.4, 0.5) is 11.4 Å². The summed E-state index contributed by atoms with van der Waals surface area (Å²) in [6.45, 7) is 4.24. The van der Waals surface area contributed by atoms with E-state index in [4.69, 9.17) is 16.3 Å². The first-order valence-corrected chi connectivity index (χ1v) is 11.4. The smallest absolute Gasteiger partial charge is 0.260 e. The van der Waals surface area contributed by atoms with Gasteiger partial charge in [-0.3, -0.25) is 9.59 Å². The number of carbonyl (C=O) groups is 2. The van der Waals surface area contributed by atoms with Gasteiger partial charge >= 0.3 is 0 Å². The predicted molar refractivity (Wildman–Crippen MR) is 138 cm³/mol. The van der Waals surface area contributed by atoms with E-state index in [0.29, 0.717) is 40.5 Å². The predicted octanol–water partition coefficient (Wildman–Crippen LogP) is 5.71. The maximum absolute atomic E-state index is 12.9. The van der Waals surface area contributed by atoms with Crippen molar-refractivity contribution in [3.8, 4) is 5.75 Å². The van der Waals surface area contributed by atoms with Crippen LogP contribution < -0.4 is 15.4 Å². The number of nitrogens with zero attached hydrogens (tertiary/aromatic N) is 2. The van der Waals surface area contributed by atoms with Gasteiger partial charge in [0, 0.05) is 16.9 Å². The maximum Gasteiger partial charge on any atom is 0.260 e. The average Bonchev–Trinajstić information content (AvgIpc) is 3.14. The third-order valence-electron chi connectivity index (χ3n) is 5.50. The second kappa shape index (κ2) is 10.4. The largest absolute Gasteiger partial charge is 0.497 e. The second-order valence-corrected chi connectivity index (χ2v) is 8.47. The highest BCUT2D eigenvalue weighted by atomic mass is 35.5. The average molecular weight is 489 g/mol. The number of anilines is 2. The van der Waals surface area contributed by atoms with Gasteiger partial charge in [-0.15, -0.1) is 0 Å². The molecule has 4 rings (SSSR count). The lowest BCUT2D eigenvalue weighted by molar-refractivity contribution is 0.101. The SMILES string of the molecule is COc1ccc(NC(=O)c2ccc(NC(=O)c3c(C)nn(Cc4ccc(C)cc4)c3Cl)cc2)cc1. The molecule has 7 nitrogen and oxygen atoms in total. The Labute approximate surface area is 208 Å². The molecule has 0 fully saturated rings. The number of nitrogens with one attached hydrogen (secondary N) is 2. The number of benzene rings is 3. The fourth-order valence-electron chi connectivity index (χ4n) is 3.56. The van der Waals surface area contributed by atoms with Gasteiger partial charge in [-0.2, -0.15) is 5.10 Å². The summed E-state index contributed by atoms with van der Waals surface area (Å²) >= 11 is 6.51. The molecule has 4 aromatic rings. The molecule has 0 bridgehead atoms. The highest BCUT2D eigenvalue weighted by Gasteiger charge is 2.21. The molecule has 0 saturated heterocycles. The molecule has 0 aliphatic rings. The molecule has 1 heterocycles. The summed E-state index contributed by atoms with van der Waals surface area (Å²) in [7, 11) is 1.58. The minimum atomic E-state index is -0.363. The van der Waals surface area contributed by atoms with Crippen LogP contribution in [-0.2, 0) is 6.54 Å². The molecule has 178 valence electrons. The van der Waals surface area contributed by atoms with Gasteiger partial charge in [-0.05, 0) is 67.9 Å². The van der Waals surface area contributed by atoms with E-state index >= 15 is 0 Å². The topological polar surface area (TPSA) is 85.2 Å². The zero-order valence-electron chi connectivity index (χ0n) is 19.6. The summed E-state index contributed by atoms with van der Waals surface area (Å²) in [5, 5.41) is 10.4. The fraction of sp³-hybridized carbons (Fsp3) is 0.148. The molecule has 3 aromatic carbocycles. The van der Waals surface area contributed by atoms with Crippen LogP contribution in [0, 0.1) is 13.8 Å². The van der Waals surface area contributed by atoms with Gasteiger partial charge in [-0.1, -0.05) is 41.4 Å². The quantitative estimate of drug-likeness (QED) is 0.348. The second-order valence-electron chi connectivity index (χ2n) is 8.11. The van der Waals surface area contributed by atoms with Gasteiger partial charge in [0.25, 0.3) is 11.8 Å². The zero-order valence-corrected chi connectivity index (χ0v) is 20.4. The highest BCUT2D eigenvalue weighted by molar-refractivity contribution is 6.33. The van der Waals surface area contributed by atoms with E-state index in [1.165, 1.54) is 5.56 Å². The van der Waals surface area contributed by atoms with E-state index in [-0.39, 0.29) is 17.0 Å². The van der Waals surface area contributed by atoms with Crippen LogP contribution in [0.3, 0.4) is 0 Å². The molecule has 1 aromatic heterocycles. The Morgan fingerprint density at radius 3 is 2.03 bits per heavy atom. The molecule has 0 spiro atoms. The fourth-order valence-corrected chi connectivity index (χ4v) is 3.88. The first-order valence-electron chi connectivity index (χ1n) is 11.0. The number of carbonyl (C=O) groups excluding carboxylic acids is 2. The van der Waals surface area contributed by atoms with Gasteiger partial charge < -0.3 is 15.4 Å². The van der Waals surface area contributed by atoms with E-state index in [1.54, 1.807) is 67.2 Å². The molecule has 0 radical (unpaired) electrons. The van der Waals surface area contributed by atoms with E-state index in [2.05, 4.69) is 15.7 Å². The standard InChI is InChI=1S/C27H25ClN4O3/c1-17-4-6-19(7-5-17)16-32-25(28)24(18(2)31-32)27(34)30-21-10-8-20(9-11-21)26(33)29-22-12-14-23(35-3)15-13-22/h4-15H,16H2,1-3H3,(H,29,33)(H,30,34). The van der Waals surface area contributed by atoms with Crippen molar-refractivity contribution in [1.29, 1.82) is 0 Å². The summed E-state index contributed by atoms with van der Waals surface area (Å²) in [6.07, 6.45) is 0. The normalized spacial score (nSPS) is 10.6. The van der Waals surface area contributed by atoms with Gasteiger partial charge in [0.15, 0.2) is 0 Å². The first kappa shape index (κ1) is 24.0. The number of ether oxygens (including phenoxy) is 1. The summed E-state index contributed by atoms with van der Waals surface area (Å²) in [6, 6.07) is 21.7. The van der Waals surface area contributed by atoms with Crippen LogP contribution in [0.2, 0.25) is 5.15 Å². The van der Waals surface area contributed by atoms with Crippen LogP contribution in [0.5, 0.6) is 5.75 Å². The molecule has 0 atom stereocenters. The van der Waals surface area contributed by atoms with Crippen molar-refractivity contribution in [3.05, 3.63) is 106 Å². The Balaban J connectivity index is 1.42. The van der Waals surface area contributed by atoms with Crippen LogP contribution in [0.1, 0.15) is 37.5 Å². The van der Waals surface area contributed by atoms with Crippen LogP contribution in [0.15, 0.2) is 72.8 Å². The number of hydrogen-bond donors (Lipinski definition) is 2. The van der Waals surface area contributed by atoms with Crippen molar-refractivity contribution in [3.63, 3.8) is 0 Å². The lowest BCUT2D eigenvalue weighted by Gasteiger charge is -2.08. The minimum Gasteiger partial charge on any atom is -0.497 e. The number of aromatic nitrogens is 2. The third kappa shape index (κ3) is 5.70. The minimum absolute atomic E-state index is 0.260. The summed E-state index contributed by atoms with van der Waals surface area (Å²) in [5.74, 6) is 0.0848. The van der Waals surface area contributed by atoms with E-state index in [0.717, 1.165) is 5.56 Å². The lowest BCUT2D eigenvalue weighted by Crippen LogP contribution is -2.14. The van der Waals surface area contributed by atoms with Crippen molar-refractivity contribution in [1.82, 2.24) is 9.78 Å². The highest BCUT2D eigenvalue weighted by Crippen LogP contribution is 2.23. The number of aryl methyl sites for hydroxylation is 2.